The fourth-order valence-corrected chi connectivity index (χ4v) is 2.23. The van der Waals surface area contributed by atoms with Crippen molar-refractivity contribution in [2.45, 2.75) is 32.3 Å². The predicted molar refractivity (Wildman–Crippen MR) is 81.9 cm³/mol. The molecule has 1 unspecified atom stereocenters. The number of rotatable bonds is 5. The second-order valence-electron chi connectivity index (χ2n) is 5.36. The molecule has 0 radical (unpaired) electrons. The van der Waals surface area contributed by atoms with Crippen molar-refractivity contribution < 1.29 is 21.8 Å². The fourth-order valence-electron chi connectivity index (χ4n) is 2.23. The van der Waals surface area contributed by atoms with Crippen LogP contribution >= 0.6 is 0 Å². The smallest absolute Gasteiger partial charge is 0.243 e. The molecule has 1 saturated heterocycles. The molecule has 0 aromatic heterocycles. The van der Waals surface area contributed by atoms with Gasteiger partial charge in [0, 0.05) is 7.77 Å². The van der Waals surface area contributed by atoms with Crippen LogP contribution in [0.25, 0.3) is 0 Å². The molecule has 2 rings (SSSR count). The lowest BCUT2D eigenvalue weighted by atomic mass is 9.97. The Kier molecular flexibility index (Phi) is 4.08. The molecule has 2 N–H and O–H groups in total. The number of hydrogen-bond donors (Lipinski definition) is 2. The lowest BCUT2D eigenvalue weighted by Gasteiger charge is -2.31. The lowest BCUT2D eigenvalue weighted by Crippen LogP contribution is -2.63. The Morgan fingerprint density at radius 1 is 1.18 bits per heavy atom. The molecule has 0 bridgehead atoms. The number of amides is 2. The number of hydrogen-bond acceptors (Lipinski definition) is 4. The van der Waals surface area contributed by atoms with E-state index in [4.69, 9.17) is 12.2 Å². The van der Waals surface area contributed by atoms with Gasteiger partial charge in [-0.15, -0.1) is 0 Å². The maximum Gasteiger partial charge on any atom is 0.243 e. The first-order valence-corrected chi connectivity index (χ1v) is 7.01. The van der Waals surface area contributed by atoms with Gasteiger partial charge in [0.05, 0.1) is 15.6 Å². The normalized spacial score (nSPS) is 27.4. The van der Waals surface area contributed by atoms with Gasteiger partial charge in [-0.2, -0.15) is 0 Å². The second kappa shape index (κ2) is 6.68. The molecule has 22 heavy (non-hydrogen) atoms. The zero-order valence-corrected chi connectivity index (χ0v) is 13.1. The number of piperazine rings is 1. The van der Waals surface area contributed by atoms with Crippen molar-refractivity contribution in [1.82, 2.24) is 10.6 Å². The van der Waals surface area contributed by atoms with E-state index in [-0.39, 0.29) is 5.92 Å². The molecule has 1 heterocycles. The second-order valence-corrected chi connectivity index (χ2v) is 5.36. The largest absolute Gasteiger partial charge is 0.493 e. The monoisotopic (exact) mass is 308 g/mol. The molecule has 120 valence electrons. The SMILES string of the molecule is [2H]C(c1ccc(OC)c(OC)c1)[C@]1([2H])NC(=O)[C@H](C(C)C)NC1=O. The van der Waals surface area contributed by atoms with Crippen molar-refractivity contribution in [3.8, 4) is 11.5 Å². The van der Waals surface area contributed by atoms with Crippen LogP contribution in [0.15, 0.2) is 18.2 Å². The van der Waals surface area contributed by atoms with E-state index in [1.165, 1.54) is 20.3 Å². The topological polar surface area (TPSA) is 76.7 Å². The third kappa shape index (κ3) is 3.32. The van der Waals surface area contributed by atoms with Gasteiger partial charge in [0.15, 0.2) is 11.5 Å². The summed E-state index contributed by atoms with van der Waals surface area (Å²) in [4.78, 5) is 24.6. The Morgan fingerprint density at radius 2 is 1.86 bits per heavy atom. The van der Waals surface area contributed by atoms with Crippen LogP contribution in [0.3, 0.4) is 0 Å². The Labute approximate surface area is 133 Å². The van der Waals surface area contributed by atoms with Gasteiger partial charge in [0.2, 0.25) is 11.8 Å². The number of ether oxygens (including phenoxy) is 2. The molecule has 3 atom stereocenters. The summed E-state index contributed by atoms with van der Waals surface area (Å²) in [5.74, 6) is -0.403. The standard InChI is InChI=1S/C16H22N2O4/c1-9(2)14-16(20)17-11(15(19)18-14)7-10-5-6-12(21-3)13(8-10)22-4/h5-6,8-9,11,14H,7H2,1-4H3,(H,17,20)(H,18,19)/t11-,14-/m0/s1/i7D,11D/t7?,11-,14-. The minimum Gasteiger partial charge on any atom is -0.493 e. The zero-order valence-electron chi connectivity index (χ0n) is 15.1. The molecule has 1 aliphatic heterocycles. The van der Waals surface area contributed by atoms with Gasteiger partial charge in [0.25, 0.3) is 0 Å². The maximum atomic E-state index is 12.4. The molecule has 1 fully saturated rings. The van der Waals surface area contributed by atoms with Crippen molar-refractivity contribution in [3.63, 3.8) is 0 Å². The molecule has 1 aromatic carbocycles. The van der Waals surface area contributed by atoms with Crippen molar-refractivity contribution in [1.29, 1.82) is 0 Å². The minimum atomic E-state index is -2.11. The summed E-state index contributed by atoms with van der Waals surface area (Å²) < 4.78 is 27.0. The van der Waals surface area contributed by atoms with Crippen LogP contribution in [-0.2, 0) is 16.0 Å². The van der Waals surface area contributed by atoms with Gasteiger partial charge in [-0.05, 0) is 23.6 Å². The molecule has 6 heteroatoms. The highest BCUT2D eigenvalue weighted by atomic mass is 16.5. The van der Waals surface area contributed by atoms with Crippen LogP contribution in [0.5, 0.6) is 11.5 Å². The molecule has 0 saturated carbocycles. The van der Waals surface area contributed by atoms with Crippen molar-refractivity contribution in [2.24, 2.45) is 5.92 Å². The quantitative estimate of drug-likeness (QED) is 0.847. The number of methoxy groups -OCH3 is 2. The van der Waals surface area contributed by atoms with Crippen molar-refractivity contribution in [2.75, 3.05) is 14.2 Å². The van der Waals surface area contributed by atoms with E-state index in [0.717, 1.165) is 0 Å². The van der Waals surface area contributed by atoms with E-state index in [1.54, 1.807) is 26.0 Å². The van der Waals surface area contributed by atoms with E-state index in [1.807, 2.05) is 0 Å². The van der Waals surface area contributed by atoms with E-state index in [2.05, 4.69) is 10.6 Å². The Balaban J connectivity index is 2.33. The van der Waals surface area contributed by atoms with Gasteiger partial charge in [0.1, 0.15) is 12.1 Å². The summed E-state index contributed by atoms with van der Waals surface area (Å²) >= 11 is 0. The first kappa shape index (κ1) is 13.4. The third-order valence-electron chi connectivity index (χ3n) is 3.46. The van der Waals surface area contributed by atoms with Gasteiger partial charge < -0.3 is 20.1 Å². The summed E-state index contributed by atoms with van der Waals surface area (Å²) in [5.41, 5.74) is 0.362. The highest BCUT2D eigenvalue weighted by Crippen LogP contribution is 2.28. The number of benzene rings is 1. The number of carbonyl (C=O) groups excluding carboxylic acids is 2. The van der Waals surface area contributed by atoms with E-state index in [9.17, 15) is 9.59 Å². The summed E-state index contributed by atoms with van der Waals surface area (Å²) in [6.45, 7) is 3.60. The molecule has 0 spiro atoms. The summed E-state index contributed by atoms with van der Waals surface area (Å²) in [7, 11) is 2.95. The molecule has 1 aromatic rings. The third-order valence-corrected chi connectivity index (χ3v) is 3.46. The lowest BCUT2D eigenvalue weighted by molar-refractivity contribution is -0.137. The van der Waals surface area contributed by atoms with Crippen LogP contribution < -0.4 is 20.1 Å². The minimum absolute atomic E-state index is 0.108. The highest BCUT2D eigenvalue weighted by Gasteiger charge is 2.35. The highest BCUT2D eigenvalue weighted by molar-refractivity contribution is 5.97. The number of nitrogens with one attached hydrogen (secondary N) is 2. The Bertz CT molecular complexity index is 653. The van der Waals surface area contributed by atoms with E-state index < -0.39 is 30.3 Å². The molecule has 0 aliphatic carbocycles. The summed E-state index contributed by atoms with van der Waals surface area (Å²) in [6.07, 6.45) is -1.32. The predicted octanol–water partition coefficient (Wildman–Crippen LogP) is 0.885. The van der Waals surface area contributed by atoms with Crippen LogP contribution in [0.1, 0.15) is 22.2 Å². The Morgan fingerprint density at radius 3 is 2.45 bits per heavy atom. The number of carbonyl (C=O) groups is 2. The van der Waals surface area contributed by atoms with E-state index in [0.29, 0.717) is 17.1 Å². The first-order valence-electron chi connectivity index (χ1n) is 8.09. The summed E-state index contributed by atoms with van der Waals surface area (Å²) in [5, 5.41) is 4.94. The zero-order chi connectivity index (χ0) is 18.1. The summed E-state index contributed by atoms with van der Waals surface area (Å²) in [6, 6.07) is 1.89. The average Bonchev–Trinajstić information content (AvgIpc) is 2.56. The Hall–Kier alpha value is -2.24. The maximum absolute atomic E-state index is 12.4. The van der Waals surface area contributed by atoms with Gasteiger partial charge >= 0.3 is 0 Å². The van der Waals surface area contributed by atoms with Gasteiger partial charge in [-0.3, -0.25) is 9.59 Å². The van der Waals surface area contributed by atoms with Crippen LogP contribution in [0.4, 0.5) is 0 Å². The molecule has 6 nitrogen and oxygen atoms in total. The van der Waals surface area contributed by atoms with Gasteiger partial charge in [-0.1, -0.05) is 19.9 Å². The average molecular weight is 308 g/mol. The van der Waals surface area contributed by atoms with Crippen molar-refractivity contribution >= 4 is 11.8 Å². The molecular weight excluding hydrogens is 284 g/mol. The van der Waals surface area contributed by atoms with Crippen molar-refractivity contribution in [3.05, 3.63) is 23.8 Å². The van der Waals surface area contributed by atoms with Crippen LogP contribution in [0.2, 0.25) is 0 Å². The van der Waals surface area contributed by atoms with Crippen LogP contribution in [-0.4, -0.2) is 38.1 Å². The molecule has 1 aliphatic rings. The molecule has 2 amide bonds. The first-order chi connectivity index (χ1) is 11.2. The van der Waals surface area contributed by atoms with E-state index >= 15 is 0 Å². The van der Waals surface area contributed by atoms with Crippen LogP contribution in [0, 0.1) is 5.92 Å². The van der Waals surface area contributed by atoms with Gasteiger partial charge in [-0.25, -0.2) is 0 Å². The fraction of sp³-hybridized carbons (Fsp3) is 0.500. The molecular formula is C16H22N2O4.